The van der Waals surface area contributed by atoms with E-state index in [2.05, 4.69) is 26.4 Å². The lowest BCUT2D eigenvalue weighted by Gasteiger charge is -2.62. The van der Waals surface area contributed by atoms with Crippen molar-refractivity contribution in [3.63, 3.8) is 0 Å². The Morgan fingerprint density at radius 3 is 2.50 bits per heavy atom. The van der Waals surface area contributed by atoms with Crippen molar-refractivity contribution in [1.82, 2.24) is 0 Å². The number of thioether (sulfide) groups is 2. The van der Waals surface area contributed by atoms with Crippen LogP contribution in [0.15, 0.2) is 11.6 Å². The Morgan fingerprint density at radius 2 is 1.85 bits per heavy atom. The summed E-state index contributed by atoms with van der Waals surface area (Å²) in [7, 11) is 0. The average Bonchev–Trinajstić information content (AvgIpc) is 2.86. The molecule has 4 aliphatic carbocycles. The quantitative estimate of drug-likeness (QED) is 0.648. The fourth-order valence-corrected chi connectivity index (χ4v) is 10.2. The fourth-order valence-electron chi connectivity index (χ4n) is 7.46. The van der Waals surface area contributed by atoms with E-state index in [4.69, 9.17) is 0 Å². The van der Waals surface area contributed by atoms with Crippen LogP contribution in [0.3, 0.4) is 0 Å². The Hall–Kier alpha value is -0.0000000000000000833. The third-order valence-electron chi connectivity index (χ3n) is 8.56. The summed E-state index contributed by atoms with van der Waals surface area (Å²) in [5.74, 6) is -1.70. The molecule has 0 heterocycles. The van der Waals surface area contributed by atoms with Gasteiger partial charge in [-0.15, -0.1) is 23.5 Å². The maximum atomic E-state index is 16.0. The maximum absolute atomic E-state index is 16.0. The molecule has 4 aliphatic rings. The fraction of sp³-hybridized carbons (Fsp3) is 0.857. The summed E-state index contributed by atoms with van der Waals surface area (Å²) in [5.41, 5.74) is 0.526. The molecule has 2 nitrogen and oxygen atoms in total. The predicted octanol–water partition coefficient (Wildman–Crippen LogP) is 5.21. The molecule has 146 valence electrons. The van der Waals surface area contributed by atoms with Crippen LogP contribution in [0, 0.1) is 28.6 Å². The Labute approximate surface area is 165 Å². The lowest BCUT2D eigenvalue weighted by molar-refractivity contribution is -0.250. The van der Waals surface area contributed by atoms with Crippen molar-refractivity contribution in [2.75, 3.05) is 12.5 Å². The summed E-state index contributed by atoms with van der Waals surface area (Å²) in [6, 6.07) is 0. The van der Waals surface area contributed by atoms with Crippen molar-refractivity contribution in [1.29, 1.82) is 0 Å². The van der Waals surface area contributed by atoms with Gasteiger partial charge in [0.2, 0.25) is 5.85 Å². The molecule has 6 atom stereocenters. The van der Waals surface area contributed by atoms with E-state index in [0.717, 1.165) is 31.3 Å². The molecule has 1 unspecified atom stereocenters. The first-order valence-corrected chi connectivity index (χ1v) is 12.3. The van der Waals surface area contributed by atoms with Crippen molar-refractivity contribution in [3.05, 3.63) is 11.6 Å². The number of ketones is 1. The van der Waals surface area contributed by atoms with Gasteiger partial charge >= 0.3 is 0 Å². The van der Waals surface area contributed by atoms with Crippen LogP contribution in [0.1, 0.15) is 58.8 Å². The number of allylic oxidation sites excluding steroid dienone is 1. The third kappa shape index (κ3) is 2.32. The number of rotatable bonds is 2. The van der Waals surface area contributed by atoms with Gasteiger partial charge in [0.05, 0.1) is 4.08 Å². The third-order valence-corrected chi connectivity index (χ3v) is 12.2. The van der Waals surface area contributed by atoms with Gasteiger partial charge in [-0.25, -0.2) is 4.39 Å². The summed E-state index contributed by atoms with van der Waals surface area (Å²) < 4.78 is 16.0. The van der Waals surface area contributed by atoms with E-state index in [9.17, 15) is 9.90 Å². The van der Waals surface area contributed by atoms with Crippen molar-refractivity contribution in [2.24, 2.45) is 28.6 Å². The van der Waals surface area contributed by atoms with Crippen molar-refractivity contribution in [2.45, 2.75) is 68.7 Å². The molecular formula is C21H31FO2S2. The van der Waals surface area contributed by atoms with Crippen LogP contribution in [0.25, 0.3) is 0 Å². The molecule has 0 radical (unpaired) electrons. The van der Waals surface area contributed by atoms with Crippen LogP contribution >= 0.6 is 23.5 Å². The molecule has 4 rings (SSSR count). The van der Waals surface area contributed by atoms with E-state index in [1.54, 1.807) is 6.08 Å². The summed E-state index contributed by atoms with van der Waals surface area (Å²) >= 11 is 3.71. The van der Waals surface area contributed by atoms with Crippen molar-refractivity contribution < 1.29 is 14.3 Å². The first-order chi connectivity index (χ1) is 12.1. The van der Waals surface area contributed by atoms with E-state index in [1.807, 2.05) is 23.5 Å². The van der Waals surface area contributed by atoms with Gasteiger partial charge in [0.25, 0.3) is 0 Å². The molecule has 1 N–H and O–H groups in total. The van der Waals surface area contributed by atoms with Crippen LogP contribution in [0.4, 0.5) is 4.39 Å². The number of alkyl halides is 1. The first-order valence-electron chi connectivity index (χ1n) is 9.89. The van der Waals surface area contributed by atoms with Gasteiger partial charge in [0.15, 0.2) is 5.78 Å². The largest absolute Gasteiger partial charge is 0.361 e. The van der Waals surface area contributed by atoms with Gasteiger partial charge in [-0.1, -0.05) is 19.4 Å². The molecule has 0 aliphatic heterocycles. The van der Waals surface area contributed by atoms with Crippen molar-refractivity contribution >= 4 is 29.3 Å². The smallest absolute Gasteiger partial charge is 0.211 e. The number of fused-ring (bicyclic) bond motifs is 5. The maximum Gasteiger partial charge on any atom is 0.211 e. The number of carbonyl (C=O) groups excluding carboxylic acids is 1. The predicted molar refractivity (Wildman–Crippen MR) is 108 cm³/mol. The Morgan fingerprint density at radius 1 is 1.15 bits per heavy atom. The summed E-state index contributed by atoms with van der Waals surface area (Å²) in [5, 5.41) is 11.2. The number of halogens is 1. The number of hydrogen-bond donors (Lipinski definition) is 1. The van der Waals surface area contributed by atoms with E-state index >= 15 is 4.39 Å². The van der Waals surface area contributed by atoms with Gasteiger partial charge in [-0.3, -0.25) is 4.79 Å². The Bertz CT molecular complexity index is 656. The van der Waals surface area contributed by atoms with Crippen LogP contribution in [-0.4, -0.2) is 33.3 Å². The molecule has 0 saturated heterocycles. The van der Waals surface area contributed by atoms with E-state index < -0.39 is 5.85 Å². The molecule has 0 aromatic carbocycles. The highest BCUT2D eigenvalue weighted by Crippen LogP contribution is 2.73. The molecular weight excluding hydrogens is 367 g/mol. The first kappa shape index (κ1) is 19.3. The van der Waals surface area contributed by atoms with Crippen LogP contribution in [0.5, 0.6) is 0 Å². The molecule has 5 heteroatoms. The second kappa shape index (κ2) is 6.00. The zero-order valence-electron chi connectivity index (χ0n) is 16.3. The van der Waals surface area contributed by atoms with Gasteiger partial charge in [-0.2, -0.15) is 0 Å². The summed E-state index contributed by atoms with van der Waals surface area (Å²) in [4.78, 5) is 11.9. The van der Waals surface area contributed by atoms with Gasteiger partial charge in [0, 0.05) is 18.8 Å². The summed E-state index contributed by atoms with van der Waals surface area (Å²) in [6.45, 7) is 4.34. The number of aliphatic hydroxyl groups is 1. The molecule has 0 aromatic heterocycles. The number of carbonyl (C=O) groups is 1. The highest BCUT2D eigenvalue weighted by atomic mass is 32.2. The van der Waals surface area contributed by atoms with E-state index in [0.29, 0.717) is 18.8 Å². The normalized spacial score (nSPS) is 49.8. The minimum atomic E-state index is -2.16. The highest BCUT2D eigenvalue weighted by molar-refractivity contribution is 8.17. The molecule has 3 saturated carbocycles. The second-order valence-electron chi connectivity index (χ2n) is 9.45. The molecule has 3 fully saturated rings. The minimum Gasteiger partial charge on any atom is -0.361 e. The SMILES string of the molecule is CSC1(SC)CC[C@H]2[C@@H]3CCC4=CC(=O)CC[C@]4(C)[C@@H]3C(O)(F)C[C@@]21C. The summed E-state index contributed by atoms with van der Waals surface area (Å²) in [6.07, 6.45) is 11.5. The minimum absolute atomic E-state index is 0.0116. The van der Waals surface area contributed by atoms with Crippen LogP contribution in [0.2, 0.25) is 0 Å². The average molecular weight is 399 g/mol. The van der Waals surface area contributed by atoms with Gasteiger partial charge in [0.1, 0.15) is 0 Å². The monoisotopic (exact) mass is 398 g/mol. The van der Waals surface area contributed by atoms with E-state index in [1.165, 1.54) is 0 Å². The zero-order valence-corrected chi connectivity index (χ0v) is 17.9. The topological polar surface area (TPSA) is 37.3 Å². The molecule has 0 amide bonds. The standard InChI is InChI=1S/C21H31FO2S2/c1-18-9-7-14(23)11-13(18)5-6-15-16-8-10-21(25-3,26-4)19(16,2)12-20(22,24)17(15)18/h11,15-17,24H,5-10,12H2,1-4H3/t15-,16-,17+,18-,19-,20?/m0/s1. The lowest BCUT2D eigenvalue weighted by Crippen LogP contribution is -2.62. The van der Waals surface area contributed by atoms with Gasteiger partial charge in [-0.05, 0) is 73.4 Å². The molecule has 0 bridgehead atoms. The lowest BCUT2D eigenvalue weighted by atomic mass is 9.46. The van der Waals surface area contributed by atoms with Crippen LogP contribution in [-0.2, 0) is 4.79 Å². The Kier molecular flexibility index (Phi) is 4.46. The van der Waals surface area contributed by atoms with Crippen molar-refractivity contribution in [3.8, 4) is 0 Å². The molecule has 26 heavy (non-hydrogen) atoms. The molecule has 0 spiro atoms. The number of hydrogen-bond acceptors (Lipinski definition) is 4. The van der Waals surface area contributed by atoms with Crippen LogP contribution < -0.4 is 0 Å². The zero-order chi connectivity index (χ0) is 19.0. The van der Waals surface area contributed by atoms with E-state index in [-0.39, 0.29) is 38.9 Å². The highest BCUT2D eigenvalue weighted by Gasteiger charge is 2.70. The van der Waals surface area contributed by atoms with Gasteiger partial charge < -0.3 is 5.11 Å². The second-order valence-corrected chi connectivity index (χ2v) is 11.9. The molecule has 0 aromatic rings. The Balaban J connectivity index is 1.80.